The van der Waals surface area contributed by atoms with Crippen molar-refractivity contribution in [1.82, 2.24) is 0 Å². The number of nitrogens with one attached hydrogen (secondary N) is 1. The molecule has 3 N–H and O–H groups in total. The van der Waals surface area contributed by atoms with Gasteiger partial charge in [-0.25, -0.2) is 0 Å². The first kappa shape index (κ1) is 13.9. The molecule has 0 aliphatic rings. The number of nitrogens with zero attached hydrogens (tertiary/aromatic N) is 1. The van der Waals surface area contributed by atoms with Crippen LogP contribution in [0.5, 0.6) is 0 Å². The number of carbonyl (C=O) groups excluding carboxylic acids is 1. The van der Waals surface area contributed by atoms with Crippen LogP contribution in [-0.4, -0.2) is 28.0 Å². The molecule has 0 atom stereocenters. The minimum atomic E-state index is -1.86. The normalized spacial score (nSPS) is 9.72. The van der Waals surface area contributed by atoms with Gasteiger partial charge in [-0.2, -0.15) is 0 Å². The highest BCUT2D eigenvalue weighted by atomic mass is 16.6. The molecule has 1 aromatic rings. The molecule has 0 heterocycles. The molecular formula is C10H11BN2O5. The smallest absolute Gasteiger partial charge is 0.423 e. The summed E-state index contributed by atoms with van der Waals surface area (Å²) in [5.41, 5.74) is -0.105. The van der Waals surface area contributed by atoms with Gasteiger partial charge < -0.3 is 15.4 Å². The lowest BCUT2D eigenvalue weighted by atomic mass is 9.80. The zero-order valence-corrected chi connectivity index (χ0v) is 9.58. The second-order valence-electron chi connectivity index (χ2n) is 3.68. The van der Waals surface area contributed by atoms with Gasteiger partial charge in [0.05, 0.1) is 4.92 Å². The Morgan fingerprint density at radius 1 is 1.44 bits per heavy atom. The monoisotopic (exact) mass is 250 g/mol. The third-order valence-electron chi connectivity index (χ3n) is 2.09. The van der Waals surface area contributed by atoms with Crippen LogP contribution < -0.4 is 10.8 Å². The molecule has 0 saturated heterocycles. The van der Waals surface area contributed by atoms with E-state index in [1.165, 1.54) is 13.0 Å². The van der Waals surface area contributed by atoms with E-state index in [9.17, 15) is 14.9 Å². The van der Waals surface area contributed by atoms with Crippen LogP contribution >= 0.6 is 0 Å². The van der Waals surface area contributed by atoms with E-state index in [4.69, 9.17) is 10.0 Å². The van der Waals surface area contributed by atoms with E-state index in [1.807, 2.05) is 0 Å². The van der Waals surface area contributed by atoms with Gasteiger partial charge in [-0.3, -0.25) is 14.9 Å². The molecule has 1 amide bonds. The Labute approximate surface area is 103 Å². The Morgan fingerprint density at radius 3 is 2.50 bits per heavy atom. The second-order valence-corrected chi connectivity index (χ2v) is 3.68. The molecule has 0 saturated carbocycles. The molecule has 18 heavy (non-hydrogen) atoms. The van der Waals surface area contributed by atoms with Crippen molar-refractivity contribution in [3.8, 4) is 0 Å². The van der Waals surface area contributed by atoms with Gasteiger partial charge >= 0.3 is 7.12 Å². The van der Waals surface area contributed by atoms with Gasteiger partial charge in [0, 0.05) is 23.4 Å². The van der Waals surface area contributed by atoms with Crippen LogP contribution in [0, 0.1) is 10.1 Å². The number of anilines is 1. The third kappa shape index (κ3) is 3.40. The molecule has 8 heteroatoms. The molecular weight excluding hydrogens is 239 g/mol. The molecule has 0 bridgehead atoms. The van der Waals surface area contributed by atoms with Gasteiger partial charge in [0.15, 0.2) is 0 Å². The van der Waals surface area contributed by atoms with Crippen LogP contribution in [0.15, 0.2) is 30.4 Å². The van der Waals surface area contributed by atoms with Crippen LogP contribution in [-0.2, 0) is 4.79 Å². The molecule has 0 radical (unpaired) electrons. The van der Waals surface area contributed by atoms with Crippen molar-refractivity contribution in [3.63, 3.8) is 0 Å². The van der Waals surface area contributed by atoms with Gasteiger partial charge in [-0.15, -0.1) is 0 Å². The van der Waals surface area contributed by atoms with Gasteiger partial charge in [0.25, 0.3) is 11.6 Å². The lowest BCUT2D eigenvalue weighted by Crippen LogP contribution is -2.30. The average Bonchev–Trinajstić information content (AvgIpc) is 2.28. The summed E-state index contributed by atoms with van der Waals surface area (Å²) in [5.74, 6) is -0.506. The molecule has 0 aliphatic carbocycles. The average molecular weight is 250 g/mol. The molecule has 0 spiro atoms. The van der Waals surface area contributed by atoms with E-state index >= 15 is 0 Å². The lowest BCUT2D eigenvalue weighted by Gasteiger charge is -2.07. The standard InChI is InChI=1S/C10H11BN2O5/c1-6(2)10(14)12-8-3-7(11(15)16)4-9(5-8)13(17)18/h3-5,15-16H,1H2,2H3,(H,12,14). The summed E-state index contributed by atoms with van der Waals surface area (Å²) in [6.07, 6.45) is 0. The highest BCUT2D eigenvalue weighted by Crippen LogP contribution is 2.16. The van der Waals surface area contributed by atoms with Crippen molar-refractivity contribution in [3.05, 3.63) is 40.5 Å². The quantitative estimate of drug-likeness (QED) is 0.296. The number of nitro benzene ring substituents is 1. The topological polar surface area (TPSA) is 113 Å². The summed E-state index contributed by atoms with van der Waals surface area (Å²) < 4.78 is 0. The molecule has 0 aliphatic heterocycles. The number of rotatable bonds is 4. The maximum Gasteiger partial charge on any atom is 0.488 e. The Bertz CT molecular complexity index is 515. The zero-order valence-electron chi connectivity index (χ0n) is 9.58. The number of non-ortho nitro benzene ring substituents is 1. The third-order valence-corrected chi connectivity index (χ3v) is 2.09. The molecule has 94 valence electrons. The molecule has 0 fully saturated rings. The Kier molecular flexibility index (Phi) is 4.19. The number of nitro groups is 1. The number of carbonyl (C=O) groups is 1. The van der Waals surface area contributed by atoms with Gasteiger partial charge in [0.2, 0.25) is 0 Å². The van der Waals surface area contributed by atoms with Crippen molar-refractivity contribution in [2.45, 2.75) is 6.92 Å². The van der Waals surface area contributed by atoms with Crippen molar-refractivity contribution < 1.29 is 19.8 Å². The SMILES string of the molecule is C=C(C)C(=O)Nc1cc(B(O)O)cc([N+](=O)[O-])c1. The summed E-state index contributed by atoms with van der Waals surface area (Å²) >= 11 is 0. The van der Waals surface area contributed by atoms with Crippen molar-refractivity contribution >= 4 is 29.9 Å². The molecule has 0 aromatic heterocycles. The molecule has 1 aromatic carbocycles. The summed E-state index contributed by atoms with van der Waals surface area (Å²) in [7, 11) is -1.86. The largest absolute Gasteiger partial charge is 0.488 e. The number of benzene rings is 1. The van der Waals surface area contributed by atoms with Gasteiger partial charge in [0.1, 0.15) is 0 Å². The molecule has 7 nitrogen and oxygen atoms in total. The molecule has 1 rings (SSSR count). The Balaban J connectivity index is 3.15. The first-order valence-corrected chi connectivity index (χ1v) is 4.93. The fourth-order valence-electron chi connectivity index (χ4n) is 1.20. The first-order valence-electron chi connectivity index (χ1n) is 4.93. The predicted octanol–water partition coefficient (Wildman–Crippen LogP) is -0.211. The van der Waals surface area contributed by atoms with Crippen LogP contribution in [0.1, 0.15) is 6.92 Å². The minimum Gasteiger partial charge on any atom is -0.423 e. The summed E-state index contributed by atoms with van der Waals surface area (Å²) in [4.78, 5) is 21.3. The Morgan fingerprint density at radius 2 is 2.06 bits per heavy atom. The fraction of sp³-hybridized carbons (Fsp3) is 0.100. The predicted molar refractivity (Wildman–Crippen MR) is 66.4 cm³/mol. The summed E-state index contributed by atoms with van der Waals surface area (Å²) in [6.45, 7) is 4.90. The van der Waals surface area contributed by atoms with Gasteiger partial charge in [-0.05, 0) is 18.5 Å². The second kappa shape index (κ2) is 5.43. The Hall–Kier alpha value is -2.19. The van der Waals surface area contributed by atoms with Crippen molar-refractivity contribution in [2.24, 2.45) is 0 Å². The molecule has 0 unspecified atom stereocenters. The maximum atomic E-state index is 11.4. The highest BCUT2D eigenvalue weighted by molar-refractivity contribution is 6.58. The first-order chi connectivity index (χ1) is 8.31. The van der Waals surface area contributed by atoms with Crippen LogP contribution in [0.3, 0.4) is 0 Å². The van der Waals surface area contributed by atoms with Crippen molar-refractivity contribution in [1.29, 1.82) is 0 Å². The number of hydrogen-bond donors (Lipinski definition) is 3. The van der Waals surface area contributed by atoms with Crippen LogP contribution in [0.25, 0.3) is 0 Å². The van der Waals surface area contributed by atoms with E-state index < -0.39 is 17.9 Å². The zero-order chi connectivity index (χ0) is 13.9. The maximum absolute atomic E-state index is 11.4. The van der Waals surface area contributed by atoms with E-state index in [-0.39, 0.29) is 22.4 Å². The number of hydrogen-bond acceptors (Lipinski definition) is 5. The summed E-state index contributed by atoms with van der Waals surface area (Å²) in [6, 6.07) is 3.37. The van der Waals surface area contributed by atoms with E-state index in [2.05, 4.69) is 11.9 Å². The van der Waals surface area contributed by atoms with Crippen molar-refractivity contribution in [2.75, 3.05) is 5.32 Å². The van der Waals surface area contributed by atoms with Gasteiger partial charge in [-0.1, -0.05) is 6.58 Å². The number of amides is 1. The van der Waals surface area contributed by atoms with Crippen LogP contribution in [0.4, 0.5) is 11.4 Å². The van der Waals surface area contributed by atoms with E-state index in [0.29, 0.717) is 0 Å². The minimum absolute atomic E-state index is 0.0822. The van der Waals surface area contributed by atoms with E-state index in [1.54, 1.807) is 0 Å². The van der Waals surface area contributed by atoms with E-state index in [0.717, 1.165) is 12.1 Å². The fourth-order valence-corrected chi connectivity index (χ4v) is 1.20. The highest BCUT2D eigenvalue weighted by Gasteiger charge is 2.18. The van der Waals surface area contributed by atoms with Crippen LogP contribution in [0.2, 0.25) is 0 Å². The lowest BCUT2D eigenvalue weighted by molar-refractivity contribution is -0.384. The summed E-state index contributed by atoms with van der Waals surface area (Å²) in [5, 5.41) is 31.0.